The van der Waals surface area contributed by atoms with Crippen molar-refractivity contribution in [3.63, 3.8) is 0 Å². The molecule has 0 aliphatic carbocycles. The van der Waals surface area contributed by atoms with Crippen LogP contribution in [-0.2, 0) is 0 Å². The molecule has 2 heteroatoms. The zero-order chi connectivity index (χ0) is 9.62. The van der Waals surface area contributed by atoms with Crippen molar-refractivity contribution in [2.24, 2.45) is 5.41 Å². The molecule has 0 radical (unpaired) electrons. The zero-order valence-electron chi connectivity index (χ0n) is 8.86. The minimum Gasteiger partial charge on any atom is -0.298 e. The Labute approximate surface area is 81.7 Å². The van der Waals surface area contributed by atoms with Gasteiger partial charge >= 0.3 is 0 Å². The third-order valence-electron chi connectivity index (χ3n) is 2.35. The van der Waals surface area contributed by atoms with E-state index in [9.17, 15) is 0 Å². The molecule has 1 atom stereocenters. The topological polar surface area (TPSA) is 12.0 Å². The number of nitrogens with one attached hydrogen (secondary N) is 1. The molecule has 1 aliphatic rings. The van der Waals surface area contributed by atoms with Crippen molar-refractivity contribution in [3.05, 3.63) is 0 Å². The van der Waals surface area contributed by atoms with Crippen LogP contribution in [0, 0.1) is 5.41 Å². The van der Waals surface area contributed by atoms with E-state index < -0.39 is 0 Å². The second-order valence-corrected chi connectivity index (χ2v) is 6.79. The van der Waals surface area contributed by atoms with Gasteiger partial charge in [-0.3, -0.25) is 5.32 Å². The summed E-state index contributed by atoms with van der Waals surface area (Å²) in [4.78, 5) is -0.00868. The molecule has 1 fully saturated rings. The third-order valence-corrected chi connectivity index (χ3v) is 2.62. The van der Waals surface area contributed by atoms with Crippen molar-refractivity contribution in [1.82, 2.24) is 5.32 Å². The van der Waals surface area contributed by atoms with Gasteiger partial charge in [0.25, 0.3) is 0 Å². The summed E-state index contributed by atoms with van der Waals surface area (Å²) in [5, 5.41) is 3.55. The number of piperidine rings is 1. The zero-order valence-corrected chi connectivity index (χ0v) is 9.76. The minimum absolute atomic E-state index is 0.00868. The Kier molecular flexibility index (Phi) is 2.29. The van der Waals surface area contributed by atoms with Crippen LogP contribution in [0.3, 0.4) is 0 Å². The number of thiol groups is 1. The average Bonchev–Trinajstić information content (AvgIpc) is 1.44. The van der Waals surface area contributed by atoms with E-state index in [1.165, 1.54) is 6.42 Å². The van der Waals surface area contributed by atoms with Crippen LogP contribution < -0.4 is 5.32 Å². The predicted molar refractivity (Wildman–Crippen MR) is 57.6 cm³/mol. The van der Waals surface area contributed by atoms with E-state index in [0.29, 0.717) is 5.41 Å². The Morgan fingerprint density at radius 2 is 1.50 bits per heavy atom. The van der Waals surface area contributed by atoms with Gasteiger partial charge in [-0.25, -0.2) is 0 Å². The first-order chi connectivity index (χ1) is 5.12. The van der Waals surface area contributed by atoms with Crippen molar-refractivity contribution in [2.45, 2.75) is 57.9 Å². The smallest absolute Gasteiger partial charge is 0.0596 e. The summed E-state index contributed by atoms with van der Waals surface area (Å²) in [6.07, 6.45) is 2.35. The summed E-state index contributed by atoms with van der Waals surface area (Å²) in [6, 6.07) is 0. The van der Waals surface area contributed by atoms with Gasteiger partial charge in [0.1, 0.15) is 0 Å². The fourth-order valence-corrected chi connectivity index (χ4v) is 3.74. The molecule has 1 N–H and O–H groups in total. The number of rotatable bonds is 0. The maximum atomic E-state index is 4.63. The average molecular weight is 187 g/mol. The normalized spacial score (nSPS) is 39.5. The van der Waals surface area contributed by atoms with Crippen LogP contribution in [0.25, 0.3) is 0 Å². The Morgan fingerprint density at radius 1 is 1.00 bits per heavy atom. The van der Waals surface area contributed by atoms with Crippen LogP contribution in [0.2, 0.25) is 0 Å². The van der Waals surface area contributed by atoms with E-state index in [-0.39, 0.29) is 10.4 Å². The molecule has 1 aliphatic heterocycles. The Hall–Kier alpha value is 0.310. The lowest BCUT2D eigenvalue weighted by molar-refractivity contribution is 0.109. The van der Waals surface area contributed by atoms with E-state index in [1.54, 1.807) is 0 Å². The van der Waals surface area contributed by atoms with Gasteiger partial charge in [-0.05, 0) is 39.0 Å². The van der Waals surface area contributed by atoms with Gasteiger partial charge in [-0.15, -0.1) is 0 Å². The number of hydrogen-bond acceptors (Lipinski definition) is 2. The molecule has 0 aromatic heterocycles. The first kappa shape index (κ1) is 10.4. The molecule has 0 aromatic carbocycles. The lowest BCUT2D eigenvalue weighted by Gasteiger charge is -2.49. The minimum atomic E-state index is -0.00868. The second kappa shape index (κ2) is 2.65. The number of hydrogen-bond donors (Lipinski definition) is 2. The highest BCUT2D eigenvalue weighted by molar-refractivity contribution is 7.81. The van der Waals surface area contributed by atoms with Gasteiger partial charge in [0.15, 0.2) is 0 Å². The quantitative estimate of drug-likeness (QED) is 0.556. The van der Waals surface area contributed by atoms with Crippen LogP contribution in [0.15, 0.2) is 0 Å². The SMILES string of the molecule is CC1(C)CC(C)(C)NC(C)(S)C1. The molecule has 72 valence electrons. The lowest BCUT2D eigenvalue weighted by Crippen LogP contribution is -2.58. The first-order valence-electron chi connectivity index (χ1n) is 4.64. The maximum Gasteiger partial charge on any atom is 0.0596 e. The van der Waals surface area contributed by atoms with Crippen LogP contribution in [-0.4, -0.2) is 10.4 Å². The molecule has 0 amide bonds. The molecular weight excluding hydrogens is 166 g/mol. The van der Waals surface area contributed by atoms with E-state index in [2.05, 4.69) is 52.6 Å². The molecular formula is C10H21NS. The molecule has 0 bridgehead atoms. The van der Waals surface area contributed by atoms with Gasteiger partial charge in [0.05, 0.1) is 4.87 Å². The Bertz CT molecular complexity index is 137. The van der Waals surface area contributed by atoms with E-state index >= 15 is 0 Å². The molecule has 1 heterocycles. The van der Waals surface area contributed by atoms with Crippen LogP contribution in [0.5, 0.6) is 0 Å². The molecule has 0 aromatic rings. The highest BCUT2D eigenvalue weighted by Gasteiger charge is 2.42. The summed E-state index contributed by atoms with van der Waals surface area (Å²) < 4.78 is 0. The highest BCUT2D eigenvalue weighted by atomic mass is 32.1. The third kappa shape index (κ3) is 2.67. The molecule has 0 saturated carbocycles. The van der Waals surface area contributed by atoms with E-state index in [0.717, 1.165) is 6.42 Å². The van der Waals surface area contributed by atoms with Crippen molar-refractivity contribution in [3.8, 4) is 0 Å². The lowest BCUT2D eigenvalue weighted by atomic mass is 9.72. The van der Waals surface area contributed by atoms with Crippen molar-refractivity contribution in [2.75, 3.05) is 0 Å². The molecule has 12 heavy (non-hydrogen) atoms. The molecule has 1 rings (SSSR count). The molecule has 1 nitrogen and oxygen atoms in total. The van der Waals surface area contributed by atoms with Gasteiger partial charge in [0, 0.05) is 5.54 Å². The van der Waals surface area contributed by atoms with Gasteiger partial charge in [0.2, 0.25) is 0 Å². The summed E-state index contributed by atoms with van der Waals surface area (Å²) in [5.41, 5.74) is 0.628. The Morgan fingerprint density at radius 3 is 1.83 bits per heavy atom. The Balaban J connectivity index is 2.81. The molecule has 0 spiro atoms. The highest BCUT2D eigenvalue weighted by Crippen LogP contribution is 2.42. The summed E-state index contributed by atoms with van der Waals surface area (Å²) in [5.74, 6) is 0. The predicted octanol–water partition coefficient (Wildman–Crippen LogP) is 2.82. The van der Waals surface area contributed by atoms with Crippen LogP contribution in [0.4, 0.5) is 0 Å². The summed E-state index contributed by atoms with van der Waals surface area (Å²) >= 11 is 4.63. The maximum absolute atomic E-state index is 4.63. The fraction of sp³-hybridized carbons (Fsp3) is 1.00. The summed E-state index contributed by atoms with van der Waals surface area (Å²) in [7, 11) is 0. The summed E-state index contributed by atoms with van der Waals surface area (Å²) in [6.45, 7) is 11.3. The molecule has 1 saturated heterocycles. The standard InChI is InChI=1S/C10H21NS/c1-8(2)6-9(3,4)11-10(5,12)7-8/h11-12H,6-7H2,1-5H3. The van der Waals surface area contributed by atoms with Crippen LogP contribution >= 0.6 is 12.6 Å². The van der Waals surface area contributed by atoms with Crippen molar-refractivity contribution >= 4 is 12.6 Å². The van der Waals surface area contributed by atoms with Gasteiger partial charge in [-0.2, -0.15) is 12.6 Å². The largest absolute Gasteiger partial charge is 0.298 e. The molecule has 1 unspecified atom stereocenters. The van der Waals surface area contributed by atoms with Gasteiger partial charge in [-0.1, -0.05) is 13.8 Å². The van der Waals surface area contributed by atoms with E-state index in [4.69, 9.17) is 0 Å². The fourth-order valence-electron chi connectivity index (χ4n) is 3.01. The first-order valence-corrected chi connectivity index (χ1v) is 5.09. The van der Waals surface area contributed by atoms with Crippen molar-refractivity contribution in [1.29, 1.82) is 0 Å². The van der Waals surface area contributed by atoms with Gasteiger partial charge < -0.3 is 0 Å². The monoisotopic (exact) mass is 187 g/mol. The van der Waals surface area contributed by atoms with Crippen molar-refractivity contribution < 1.29 is 0 Å². The van der Waals surface area contributed by atoms with E-state index in [1.807, 2.05) is 0 Å². The second-order valence-electron chi connectivity index (χ2n) is 5.80. The van der Waals surface area contributed by atoms with Crippen LogP contribution in [0.1, 0.15) is 47.5 Å².